The summed E-state index contributed by atoms with van der Waals surface area (Å²) >= 11 is 0. The second-order valence-corrected chi connectivity index (χ2v) is 6.03. The fourth-order valence-corrected chi connectivity index (χ4v) is 2.63. The van der Waals surface area contributed by atoms with Crippen LogP contribution in [0.5, 0.6) is 0 Å². The molecule has 0 bridgehead atoms. The summed E-state index contributed by atoms with van der Waals surface area (Å²) in [4.78, 5) is 22.6. The molecule has 114 valence electrons. The van der Waals surface area contributed by atoms with E-state index < -0.39 is 4.92 Å². The topological polar surface area (TPSA) is 84.3 Å². The predicted octanol–water partition coefficient (Wildman–Crippen LogP) is 2.02. The Bertz CT molecular complexity index is 551. The van der Waals surface area contributed by atoms with Crippen LogP contribution >= 0.6 is 0 Å². The van der Waals surface area contributed by atoms with Crippen molar-refractivity contribution in [2.45, 2.75) is 26.7 Å². The molecule has 1 aliphatic rings. The molecule has 0 aliphatic carbocycles. The van der Waals surface area contributed by atoms with Crippen LogP contribution in [-0.4, -0.2) is 30.5 Å². The first-order valence-corrected chi connectivity index (χ1v) is 7.15. The van der Waals surface area contributed by atoms with Crippen molar-refractivity contribution < 1.29 is 9.72 Å². The maximum absolute atomic E-state index is 12.3. The minimum absolute atomic E-state index is 0.0442. The van der Waals surface area contributed by atoms with Crippen molar-refractivity contribution in [3.05, 3.63) is 39.4 Å². The van der Waals surface area contributed by atoms with E-state index in [1.807, 2.05) is 0 Å². The number of carbonyl (C=O) groups excluding carboxylic acids is 1. The number of hydrogen-bond acceptors (Lipinski definition) is 4. The van der Waals surface area contributed by atoms with E-state index in [1.165, 1.54) is 12.1 Å². The molecule has 1 aliphatic heterocycles. The standard InChI is InChI=1S/C15H21N3O3/c1-11-4-5-12(18(20)21)8-13(11)14(19)17-10-15(2)6-3-7-16-9-15/h4-5,8,16H,3,6-7,9-10H2,1-2H3,(H,17,19). The number of non-ortho nitro benzene ring substituents is 1. The lowest BCUT2D eigenvalue weighted by Crippen LogP contribution is -2.45. The van der Waals surface area contributed by atoms with E-state index in [2.05, 4.69) is 17.6 Å². The van der Waals surface area contributed by atoms with Crippen LogP contribution in [0.25, 0.3) is 0 Å². The van der Waals surface area contributed by atoms with Crippen LogP contribution in [0.1, 0.15) is 35.7 Å². The zero-order valence-electron chi connectivity index (χ0n) is 12.4. The van der Waals surface area contributed by atoms with Crippen molar-refractivity contribution in [2.24, 2.45) is 5.41 Å². The normalized spacial score (nSPS) is 21.8. The van der Waals surface area contributed by atoms with Crippen molar-refractivity contribution in [3.8, 4) is 0 Å². The van der Waals surface area contributed by atoms with Gasteiger partial charge in [0.15, 0.2) is 0 Å². The van der Waals surface area contributed by atoms with E-state index in [9.17, 15) is 14.9 Å². The summed E-state index contributed by atoms with van der Waals surface area (Å²) in [6.45, 7) is 6.39. The lowest BCUT2D eigenvalue weighted by molar-refractivity contribution is -0.384. The lowest BCUT2D eigenvalue weighted by atomic mass is 9.83. The smallest absolute Gasteiger partial charge is 0.270 e. The highest BCUT2D eigenvalue weighted by molar-refractivity contribution is 5.96. The summed E-state index contributed by atoms with van der Waals surface area (Å²) in [5.41, 5.74) is 1.10. The van der Waals surface area contributed by atoms with Crippen molar-refractivity contribution in [2.75, 3.05) is 19.6 Å². The van der Waals surface area contributed by atoms with Crippen molar-refractivity contribution >= 4 is 11.6 Å². The van der Waals surface area contributed by atoms with E-state index in [4.69, 9.17) is 0 Å². The maximum Gasteiger partial charge on any atom is 0.270 e. The highest BCUT2D eigenvalue weighted by Gasteiger charge is 2.27. The number of rotatable bonds is 4. The third-order valence-corrected chi connectivity index (χ3v) is 4.04. The summed E-state index contributed by atoms with van der Waals surface area (Å²) in [5, 5.41) is 17.1. The van der Waals surface area contributed by atoms with E-state index in [-0.39, 0.29) is 17.0 Å². The summed E-state index contributed by atoms with van der Waals surface area (Å²) in [7, 11) is 0. The van der Waals surface area contributed by atoms with Crippen LogP contribution in [0, 0.1) is 22.5 Å². The Labute approximate surface area is 124 Å². The van der Waals surface area contributed by atoms with Gasteiger partial charge in [-0.3, -0.25) is 14.9 Å². The Morgan fingerprint density at radius 2 is 2.29 bits per heavy atom. The second kappa shape index (κ2) is 6.22. The fourth-order valence-electron chi connectivity index (χ4n) is 2.63. The number of nitrogens with one attached hydrogen (secondary N) is 2. The predicted molar refractivity (Wildman–Crippen MR) is 80.4 cm³/mol. The third-order valence-electron chi connectivity index (χ3n) is 4.04. The van der Waals surface area contributed by atoms with E-state index >= 15 is 0 Å². The van der Waals surface area contributed by atoms with Crippen molar-refractivity contribution in [1.82, 2.24) is 10.6 Å². The minimum Gasteiger partial charge on any atom is -0.351 e. The van der Waals surface area contributed by atoms with Gasteiger partial charge in [0.2, 0.25) is 0 Å². The first kappa shape index (κ1) is 15.4. The van der Waals surface area contributed by atoms with Crippen LogP contribution in [0.2, 0.25) is 0 Å². The molecule has 1 amide bonds. The monoisotopic (exact) mass is 291 g/mol. The van der Waals surface area contributed by atoms with Crippen molar-refractivity contribution in [1.29, 1.82) is 0 Å². The molecular formula is C15H21N3O3. The summed E-state index contributed by atoms with van der Waals surface area (Å²) in [5.74, 6) is -0.247. The lowest BCUT2D eigenvalue weighted by Gasteiger charge is -2.34. The van der Waals surface area contributed by atoms with Gasteiger partial charge in [-0.05, 0) is 37.3 Å². The van der Waals surface area contributed by atoms with Gasteiger partial charge in [-0.25, -0.2) is 0 Å². The Balaban J connectivity index is 2.06. The molecule has 1 unspecified atom stereocenters. The zero-order chi connectivity index (χ0) is 15.5. The molecule has 1 aromatic rings. The molecule has 0 spiro atoms. The highest BCUT2D eigenvalue weighted by atomic mass is 16.6. The van der Waals surface area contributed by atoms with E-state index in [0.717, 1.165) is 31.5 Å². The van der Waals surface area contributed by atoms with E-state index in [0.29, 0.717) is 12.1 Å². The number of aryl methyl sites for hydroxylation is 1. The van der Waals surface area contributed by atoms with Gasteiger partial charge in [0.25, 0.3) is 11.6 Å². The van der Waals surface area contributed by atoms with Gasteiger partial charge in [0, 0.05) is 30.8 Å². The number of amides is 1. The van der Waals surface area contributed by atoms with Crippen LogP contribution in [0.3, 0.4) is 0 Å². The van der Waals surface area contributed by atoms with Gasteiger partial charge in [-0.1, -0.05) is 13.0 Å². The van der Waals surface area contributed by atoms with E-state index in [1.54, 1.807) is 13.0 Å². The number of hydrogen-bond donors (Lipinski definition) is 2. The van der Waals surface area contributed by atoms with Gasteiger partial charge in [0.05, 0.1) is 4.92 Å². The Hall–Kier alpha value is -1.95. The SMILES string of the molecule is Cc1ccc([N+](=O)[O-])cc1C(=O)NCC1(C)CCCNC1. The Kier molecular flexibility index (Phi) is 4.57. The molecule has 2 N–H and O–H groups in total. The summed E-state index contributed by atoms with van der Waals surface area (Å²) < 4.78 is 0. The number of nitro groups is 1. The molecule has 0 radical (unpaired) electrons. The van der Waals surface area contributed by atoms with Gasteiger partial charge in [0.1, 0.15) is 0 Å². The average molecular weight is 291 g/mol. The number of carbonyl (C=O) groups is 1. The first-order chi connectivity index (χ1) is 9.91. The Morgan fingerprint density at radius 1 is 1.52 bits per heavy atom. The molecule has 1 saturated heterocycles. The molecule has 0 saturated carbocycles. The van der Waals surface area contributed by atoms with Crippen LogP contribution < -0.4 is 10.6 Å². The Morgan fingerprint density at radius 3 is 2.90 bits per heavy atom. The molecule has 2 rings (SSSR count). The van der Waals surface area contributed by atoms with Crippen LogP contribution in [0.4, 0.5) is 5.69 Å². The van der Waals surface area contributed by atoms with Crippen molar-refractivity contribution in [3.63, 3.8) is 0 Å². The number of benzene rings is 1. The quantitative estimate of drug-likeness (QED) is 0.656. The molecule has 6 heteroatoms. The molecule has 1 atom stereocenters. The maximum atomic E-state index is 12.3. The molecule has 1 aromatic carbocycles. The largest absolute Gasteiger partial charge is 0.351 e. The molecular weight excluding hydrogens is 270 g/mol. The number of piperidine rings is 1. The summed E-state index contributed by atoms with van der Waals surface area (Å²) in [6, 6.07) is 4.36. The molecule has 6 nitrogen and oxygen atoms in total. The van der Waals surface area contributed by atoms with Gasteiger partial charge in [-0.15, -0.1) is 0 Å². The molecule has 0 aromatic heterocycles. The number of nitro benzene ring substituents is 1. The molecule has 1 heterocycles. The first-order valence-electron chi connectivity index (χ1n) is 7.15. The third kappa shape index (κ3) is 3.78. The minimum atomic E-state index is -0.484. The van der Waals surface area contributed by atoms with Crippen LogP contribution in [-0.2, 0) is 0 Å². The average Bonchev–Trinajstić information content (AvgIpc) is 2.46. The van der Waals surface area contributed by atoms with Gasteiger partial charge in [-0.2, -0.15) is 0 Å². The van der Waals surface area contributed by atoms with Crippen LogP contribution in [0.15, 0.2) is 18.2 Å². The second-order valence-electron chi connectivity index (χ2n) is 6.03. The van der Waals surface area contributed by atoms with Gasteiger partial charge >= 0.3 is 0 Å². The number of nitrogens with zero attached hydrogens (tertiary/aromatic N) is 1. The summed E-state index contributed by atoms with van der Waals surface area (Å²) in [6.07, 6.45) is 2.16. The molecule has 21 heavy (non-hydrogen) atoms. The molecule has 1 fully saturated rings. The highest BCUT2D eigenvalue weighted by Crippen LogP contribution is 2.24. The zero-order valence-corrected chi connectivity index (χ0v) is 12.4. The fraction of sp³-hybridized carbons (Fsp3) is 0.533. The van der Waals surface area contributed by atoms with Gasteiger partial charge < -0.3 is 10.6 Å².